The van der Waals surface area contributed by atoms with Gasteiger partial charge in [-0.2, -0.15) is 0 Å². The van der Waals surface area contributed by atoms with Crippen molar-refractivity contribution in [2.45, 2.75) is 189 Å². The molecule has 0 atom stereocenters. The largest absolute Gasteiger partial charge is 0.855 e. The second-order valence-corrected chi connectivity index (χ2v) is 11.6. The molecule has 0 rings (SSSR count). The van der Waals surface area contributed by atoms with E-state index in [1.807, 2.05) is 0 Å². The summed E-state index contributed by atoms with van der Waals surface area (Å²) >= 11 is 0. The summed E-state index contributed by atoms with van der Waals surface area (Å²) in [6, 6.07) is 0. The van der Waals surface area contributed by atoms with Crippen LogP contribution in [0.15, 0.2) is 0 Å². The molecule has 0 spiro atoms. The van der Waals surface area contributed by atoms with Crippen molar-refractivity contribution in [1.29, 1.82) is 0 Å². The minimum absolute atomic E-state index is 0. The van der Waals surface area contributed by atoms with E-state index in [0.717, 1.165) is 0 Å². The van der Waals surface area contributed by atoms with Gasteiger partial charge in [0.15, 0.2) is 0 Å². The number of hydrogen-bond acceptors (Lipinski definition) is 1. The van der Waals surface area contributed by atoms with Gasteiger partial charge in [-0.3, -0.25) is 0 Å². The molecular weight excluding hydrogens is 438 g/mol. The maximum Gasteiger partial charge on any atom is 0.0786 e. The van der Waals surface area contributed by atoms with Gasteiger partial charge in [0.25, 0.3) is 0 Å². The summed E-state index contributed by atoms with van der Waals surface area (Å²) in [5, 5.41) is 8.93. The Labute approximate surface area is 231 Å². The first-order chi connectivity index (χ1) is 17.7. The van der Waals surface area contributed by atoms with E-state index in [2.05, 4.69) is 27.7 Å². The van der Waals surface area contributed by atoms with Crippen molar-refractivity contribution in [1.82, 2.24) is 0 Å². The van der Waals surface area contributed by atoms with Gasteiger partial charge < -0.3 is 9.59 Å². The molecule has 0 aromatic heterocycles. The zero-order valence-electron chi connectivity index (χ0n) is 26.4. The van der Waals surface area contributed by atoms with E-state index < -0.39 is 0 Å². The summed E-state index contributed by atoms with van der Waals surface area (Å²) < 4.78 is 1.48. The van der Waals surface area contributed by atoms with Crippen molar-refractivity contribution in [2.24, 2.45) is 0 Å². The molecular formula is C34H73NO. The van der Waals surface area contributed by atoms with E-state index in [1.54, 1.807) is 6.92 Å². The van der Waals surface area contributed by atoms with Gasteiger partial charge in [0.2, 0.25) is 0 Å². The molecule has 0 aliphatic carbocycles. The molecule has 0 fully saturated rings. The topological polar surface area (TPSA) is 23.1 Å². The van der Waals surface area contributed by atoms with Crippen LogP contribution >= 0.6 is 0 Å². The minimum Gasteiger partial charge on any atom is -0.855 e. The predicted octanol–water partition coefficient (Wildman–Crippen LogP) is 10.6. The van der Waals surface area contributed by atoms with Crippen molar-refractivity contribution in [3.05, 3.63) is 0 Å². The number of quaternary nitrogens is 1. The van der Waals surface area contributed by atoms with Crippen LogP contribution in [0.1, 0.15) is 189 Å². The van der Waals surface area contributed by atoms with E-state index in [9.17, 15) is 0 Å². The first-order valence-electron chi connectivity index (χ1n) is 17.1. The fourth-order valence-corrected chi connectivity index (χ4v) is 5.58. The van der Waals surface area contributed by atoms with Crippen LogP contribution in [-0.2, 0) is 0 Å². The minimum atomic E-state index is 0. The summed E-state index contributed by atoms with van der Waals surface area (Å²) in [4.78, 5) is 0. The van der Waals surface area contributed by atoms with Gasteiger partial charge >= 0.3 is 0 Å². The second kappa shape index (κ2) is 32.9. The van der Waals surface area contributed by atoms with Crippen LogP contribution in [0.4, 0.5) is 0 Å². The Kier molecular flexibility index (Phi) is 34.8. The normalized spacial score (nSPS) is 11.5. The highest BCUT2D eigenvalue weighted by molar-refractivity contribution is 4.55. The van der Waals surface area contributed by atoms with Gasteiger partial charge in [0.05, 0.1) is 26.2 Å². The molecule has 2 nitrogen and oxygen atoms in total. The number of rotatable bonds is 28. The molecule has 0 saturated carbocycles. The fraction of sp³-hybridized carbons (Fsp3) is 1.00. The first kappa shape index (κ1) is 38.1. The monoisotopic (exact) mass is 512 g/mol. The van der Waals surface area contributed by atoms with Crippen molar-refractivity contribution < 1.29 is 9.59 Å². The third-order valence-corrected chi connectivity index (χ3v) is 7.94. The molecule has 0 aromatic carbocycles. The molecule has 0 bridgehead atoms. The Bertz CT molecular complexity index is 301. The average Bonchev–Trinajstić information content (AvgIpc) is 2.88. The molecule has 0 aliphatic rings. The summed E-state index contributed by atoms with van der Waals surface area (Å²) in [5.41, 5.74) is 0. The Hall–Kier alpha value is -0.0800. The lowest BCUT2D eigenvalue weighted by Crippen LogP contribution is -2.50. The van der Waals surface area contributed by atoms with E-state index in [0.29, 0.717) is 0 Å². The molecule has 0 aliphatic heterocycles. The third-order valence-electron chi connectivity index (χ3n) is 7.94. The van der Waals surface area contributed by atoms with Crippen LogP contribution in [0, 0.1) is 0 Å². The first-order valence-corrected chi connectivity index (χ1v) is 17.1. The van der Waals surface area contributed by atoms with Gasteiger partial charge in [-0.05, 0) is 51.4 Å². The van der Waals surface area contributed by atoms with Crippen LogP contribution < -0.4 is 5.11 Å². The Morgan fingerprint density at radius 2 is 0.472 bits per heavy atom. The zero-order valence-corrected chi connectivity index (χ0v) is 26.4. The number of nitrogens with zero attached hydrogens (tertiary/aromatic N) is 1. The quantitative estimate of drug-likeness (QED) is 0.0756. The molecule has 0 heterocycles. The SMILES string of the molecule is CCCCCCCC[N+](CCCCCCCC)(CCCCCCCC)CCCCCCCC.CC[O-]. The lowest BCUT2D eigenvalue weighted by atomic mass is 10.0. The molecule has 0 aromatic rings. The Morgan fingerprint density at radius 3 is 0.667 bits per heavy atom. The van der Waals surface area contributed by atoms with Crippen LogP contribution in [0.5, 0.6) is 0 Å². The van der Waals surface area contributed by atoms with Crippen LogP contribution in [0.25, 0.3) is 0 Å². The summed E-state index contributed by atoms with van der Waals surface area (Å²) in [6.07, 6.45) is 34.8. The molecule has 0 saturated heterocycles. The van der Waals surface area contributed by atoms with Crippen molar-refractivity contribution in [3.63, 3.8) is 0 Å². The maximum absolute atomic E-state index is 8.93. The van der Waals surface area contributed by atoms with Gasteiger partial charge in [-0.25, -0.2) is 0 Å². The third kappa shape index (κ3) is 28.5. The number of unbranched alkanes of at least 4 members (excludes halogenated alkanes) is 20. The molecule has 0 unspecified atom stereocenters. The van der Waals surface area contributed by atoms with Gasteiger partial charge in [0, 0.05) is 0 Å². The Balaban J connectivity index is 0. The maximum atomic E-state index is 8.93. The van der Waals surface area contributed by atoms with Crippen molar-refractivity contribution in [3.8, 4) is 0 Å². The van der Waals surface area contributed by atoms with Crippen molar-refractivity contribution in [2.75, 3.05) is 32.8 Å². The highest BCUT2D eigenvalue weighted by Crippen LogP contribution is 2.20. The van der Waals surface area contributed by atoms with Crippen LogP contribution in [-0.4, -0.2) is 37.3 Å². The molecule has 2 heteroatoms. The van der Waals surface area contributed by atoms with Crippen LogP contribution in [0.2, 0.25) is 0 Å². The predicted molar refractivity (Wildman–Crippen MR) is 164 cm³/mol. The summed E-state index contributed by atoms with van der Waals surface area (Å²) in [7, 11) is 0. The van der Waals surface area contributed by atoms with E-state index in [1.165, 1.54) is 185 Å². The lowest BCUT2D eigenvalue weighted by molar-refractivity contribution is -0.929. The van der Waals surface area contributed by atoms with Crippen molar-refractivity contribution >= 4 is 0 Å². The molecule has 0 radical (unpaired) electrons. The molecule has 0 N–H and O–H groups in total. The second-order valence-electron chi connectivity index (χ2n) is 11.6. The Morgan fingerprint density at radius 1 is 0.306 bits per heavy atom. The van der Waals surface area contributed by atoms with Gasteiger partial charge in [-0.15, -0.1) is 6.61 Å². The van der Waals surface area contributed by atoms with Crippen LogP contribution in [0.3, 0.4) is 0 Å². The smallest absolute Gasteiger partial charge is 0.0786 e. The van der Waals surface area contributed by atoms with E-state index in [-0.39, 0.29) is 6.61 Å². The van der Waals surface area contributed by atoms with E-state index >= 15 is 0 Å². The molecule has 0 amide bonds. The highest BCUT2D eigenvalue weighted by atomic mass is 16.2. The highest BCUT2D eigenvalue weighted by Gasteiger charge is 2.25. The summed E-state index contributed by atoms with van der Waals surface area (Å²) in [5.74, 6) is 0. The molecule has 36 heavy (non-hydrogen) atoms. The standard InChI is InChI=1S/C32H68N.C2H5O/c1-5-9-13-17-21-25-29-33(30-26-22-18-14-10-6-2,31-27-23-19-15-11-7-3)32-28-24-20-16-12-8-4;1-2-3/h5-32H2,1-4H3;2H2,1H3/q+1;-1. The van der Waals surface area contributed by atoms with Gasteiger partial charge in [-0.1, -0.05) is 137 Å². The van der Waals surface area contributed by atoms with Gasteiger partial charge in [0.1, 0.15) is 0 Å². The summed E-state index contributed by atoms with van der Waals surface area (Å²) in [6.45, 7) is 16.8. The molecule has 220 valence electrons. The number of hydrogen-bond donors (Lipinski definition) is 0. The zero-order chi connectivity index (χ0) is 27.0. The average molecular weight is 512 g/mol. The van der Waals surface area contributed by atoms with E-state index in [4.69, 9.17) is 5.11 Å². The lowest BCUT2D eigenvalue weighted by Gasteiger charge is -2.40. The fourth-order valence-electron chi connectivity index (χ4n) is 5.58.